The van der Waals surface area contributed by atoms with Gasteiger partial charge in [-0.3, -0.25) is 0 Å². The van der Waals surface area contributed by atoms with Gasteiger partial charge in [-0.2, -0.15) is 14.0 Å². The highest BCUT2D eigenvalue weighted by molar-refractivity contribution is 5.33. The minimum absolute atomic E-state index is 0.0272. The second-order valence-electron chi connectivity index (χ2n) is 7.09. The molecule has 0 atom stereocenters. The molecular formula is C21H26F3NO. The fourth-order valence-electron chi connectivity index (χ4n) is 3.55. The van der Waals surface area contributed by atoms with Gasteiger partial charge < -0.3 is 4.74 Å². The van der Waals surface area contributed by atoms with E-state index < -0.39 is 11.9 Å². The van der Waals surface area contributed by atoms with Gasteiger partial charge in [0.25, 0.3) is 0 Å². The molecule has 0 heterocycles. The molecule has 2 rings (SSSR count). The number of benzene rings is 1. The van der Waals surface area contributed by atoms with E-state index in [0.717, 1.165) is 44.6 Å². The molecule has 1 fully saturated rings. The van der Waals surface area contributed by atoms with E-state index in [4.69, 9.17) is 10.00 Å². The molecule has 0 aliphatic heterocycles. The first-order valence-electron chi connectivity index (χ1n) is 9.25. The van der Waals surface area contributed by atoms with Gasteiger partial charge in [0.1, 0.15) is 11.9 Å². The van der Waals surface area contributed by atoms with Crippen molar-refractivity contribution in [2.45, 2.75) is 64.6 Å². The number of halogens is 3. The van der Waals surface area contributed by atoms with Crippen molar-refractivity contribution < 1.29 is 17.9 Å². The molecular weight excluding hydrogens is 339 g/mol. The Morgan fingerprint density at radius 3 is 2.54 bits per heavy atom. The van der Waals surface area contributed by atoms with Gasteiger partial charge in [0.15, 0.2) is 0 Å². The molecule has 26 heavy (non-hydrogen) atoms. The highest BCUT2D eigenvalue weighted by Gasteiger charge is 2.35. The van der Waals surface area contributed by atoms with Crippen molar-refractivity contribution in [2.24, 2.45) is 11.8 Å². The van der Waals surface area contributed by atoms with Crippen LogP contribution in [-0.4, -0.2) is 6.11 Å². The van der Waals surface area contributed by atoms with E-state index in [9.17, 15) is 13.2 Å². The molecule has 1 aromatic rings. The minimum atomic E-state index is -3.22. The third-order valence-electron chi connectivity index (χ3n) is 5.07. The Morgan fingerprint density at radius 2 is 1.92 bits per heavy atom. The number of rotatable bonds is 8. The maximum absolute atomic E-state index is 14.1. The predicted molar refractivity (Wildman–Crippen MR) is 95.0 cm³/mol. The van der Waals surface area contributed by atoms with Crippen LogP contribution < -0.4 is 0 Å². The fraction of sp³-hybridized carbons (Fsp3) is 0.571. The van der Waals surface area contributed by atoms with Gasteiger partial charge >= 0.3 is 6.11 Å². The number of nitriles is 1. The molecule has 142 valence electrons. The summed E-state index contributed by atoms with van der Waals surface area (Å²) in [5.74, 6) is -0.104. The average Bonchev–Trinajstić information content (AvgIpc) is 2.62. The molecule has 0 N–H and O–H groups in total. The second-order valence-corrected chi connectivity index (χ2v) is 7.09. The summed E-state index contributed by atoms with van der Waals surface area (Å²) in [6.45, 7) is 1.64. The van der Waals surface area contributed by atoms with Crippen molar-refractivity contribution in [3.8, 4) is 6.07 Å². The molecule has 1 aliphatic carbocycles. The summed E-state index contributed by atoms with van der Waals surface area (Å²) in [7, 11) is 0. The summed E-state index contributed by atoms with van der Waals surface area (Å²) >= 11 is 0. The van der Waals surface area contributed by atoms with Gasteiger partial charge in [-0.05, 0) is 62.1 Å². The van der Waals surface area contributed by atoms with E-state index in [0.29, 0.717) is 11.5 Å². The first kappa shape index (κ1) is 20.5. The van der Waals surface area contributed by atoms with Crippen LogP contribution in [0.4, 0.5) is 13.2 Å². The van der Waals surface area contributed by atoms with Crippen LogP contribution in [-0.2, 0) is 11.3 Å². The zero-order chi connectivity index (χ0) is 19.0. The monoisotopic (exact) mass is 365 g/mol. The lowest BCUT2D eigenvalue weighted by molar-refractivity contribution is -0.256. The summed E-state index contributed by atoms with van der Waals surface area (Å²) < 4.78 is 46.5. The van der Waals surface area contributed by atoms with Crippen LogP contribution in [0.1, 0.15) is 63.0 Å². The Labute approximate surface area is 153 Å². The Hall–Kier alpha value is -1.80. The summed E-state index contributed by atoms with van der Waals surface area (Å²) in [5.41, 5.74) is 0.195. The molecule has 0 unspecified atom stereocenters. The quantitative estimate of drug-likeness (QED) is 0.502. The zero-order valence-electron chi connectivity index (χ0n) is 15.2. The van der Waals surface area contributed by atoms with Crippen LogP contribution >= 0.6 is 0 Å². The van der Waals surface area contributed by atoms with Gasteiger partial charge in [-0.15, -0.1) is 0 Å². The summed E-state index contributed by atoms with van der Waals surface area (Å²) in [6.07, 6.45) is 6.51. The lowest BCUT2D eigenvalue weighted by Gasteiger charge is -2.30. The maximum Gasteiger partial charge on any atom is 0.356 e. The third kappa shape index (κ3) is 6.49. The molecule has 1 aromatic carbocycles. The van der Waals surface area contributed by atoms with Crippen molar-refractivity contribution >= 4 is 0 Å². The van der Waals surface area contributed by atoms with E-state index >= 15 is 0 Å². The Balaban J connectivity index is 1.77. The average molecular weight is 365 g/mol. The number of hydrogen-bond acceptors (Lipinski definition) is 2. The normalized spacial score (nSPS) is 21.0. The van der Waals surface area contributed by atoms with Crippen LogP contribution in [0.5, 0.6) is 0 Å². The number of hydrogen-bond donors (Lipinski definition) is 0. The molecule has 0 radical (unpaired) electrons. The zero-order valence-corrected chi connectivity index (χ0v) is 15.2. The molecule has 0 bridgehead atoms. The third-order valence-corrected chi connectivity index (χ3v) is 5.07. The molecule has 5 heteroatoms. The lowest BCUT2D eigenvalue weighted by Crippen LogP contribution is -2.27. The molecule has 1 saturated carbocycles. The Kier molecular flexibility index (Phi) is 7.71. The largest absolute Gasteiger partial charge is 0.356 e. The Morgan fingerprint density at radius 1 is 1.23 bits per heavy atom. The molecule has 0 spiro atoms. The molecule has 2 nitrogen and oxygen atoms in total. The van der Waals surface area contributed by atoms with Crippen molar-refractivity contribution in [1.29, 1.82) is 5.26 Å². The smallest absolute Gasteiger partial charge is 0.316 e. The highest BCUT2D eigenvalue weighted by atomic mass is 19.3. The van der Waals surface area contributed by atoms with Crippen LogP contribution in [0.3, 0.4) is 0 Å². The van der Waals surface area contributed by atoms with Crippen LogP contribution in [0.2, 0.25) is 0 Å². The minimum Gasteiger partial charge on any atom is -0.316 e. The molecule has 0 amide bonds. The van der Waals surface area contributed by atoms with E-state index in [1.54, 1.807) is 6.07 Å². The highest BCUT2D eigenvalue weighted by Crippen LogP contribution is 2.38. The van der Waals surface area contributed by atoms with E-state index in [1.165, 1.54) is 12.1 Å². The van der Waals surface area contributed by atoms with Crippen LogP contribution in [0, 0.1) is 29.0 Å². The number of ether oxygens (including phenoxy) is 1. The van der Waals surface area contributed by atoms with Crippen molar-refractivity contribution in [3.05, 3.63) is 47.3 Å². The SMILES string of the molecule is C/C=C/CC[C@H]1CC[C@H](CC(F)(F)OCc2ccc(C#N)c(F)c2)CC1. The Bertz CT molecular complexity index is 643. The van der Waals surface area contributed by atoms with Crippen LogP contribution in [0.25, 0.3) is 0 Å². The number of nitrogens with zero attached hydrogens (tertiary/aromatic N) is 1. The first-order valence-corrected chi connectivity index (χ1v) is 9.25. The first-order chi connectivity index (χ1) is 12.4. The molecule has 0 saturated heterocycles. The second kappa shape index (κ2) is 9.78. The van der Waals surface area contributed by atoms with Crippen molar-refractivity contribution in [2.75, 3.05) is 0 Å². The summed E-state index contributed by atoms with van der Waals surface area (Å²) in [4.78, 5) is 0. The van der Waals surface area contributed by atoms with Crippen molar-refractivity contribution in [1.82, 2.24) is 0 Å². The summed E-state index contributed by atoms with van der Waals surface area (Å²) in [6, 6.07) is 5.49. The van der Waals surface area contributed by atoms with Gasteiger partial charge in [0, 0.05) is 6.42 Å². The summed E-state index contributed by atoms with van der Waals surface area (Å²) in [5, 5.41) is 8.69. The number of alkyl halides is 2. The molecule has 0 aromatic heterocycles. The maximum atomic E-state index is 14.1. The van der Waals surface area contributed by atoms with Gasteiger partial charge in [0.2, 0.25) is 0 Å². The van der Waals surface area contributed by atoms with Gasteiger partial charge in [0.05, 0.1) is 12.2 Å². The van der Waals surface area contributed by atoms with Gasteiger partial charge in [-0.25, -0.2) is 4.39 Å². The molecule has 1 aliphatic rings. The standard InChI is InChI=1S/C21H26F3NO/c1-2-3-4-5-16-6-8-17(9-7-16)13-21(23,24)26-15-18-10-11-19(14-25)20(22)12-18/h2-3,10-12,16-17H,4-9,13,15H2,1H3/b3-2+/t16-,17-. The van der Waals surface area contributed by atoms with Gasteiger partial charge in [-0.1, -0.05) is 31.1 Å². The predicted octanol–water partition coefficient (Wildman–Crippen LogP) is 6.36. The number of allylic oxidation sites excluding steroid dienone is 2. The topological polar surface area (TPSA) is 33.0 Å². The lowest BCUT2D eigenvalue weighted by atomic mass is 9.78. The fourth-order valence-corrected chi connectivity index (χ4v) is 3.55. The van der Waals surface area contributed by atoms with E-state index in [-0.39, 0.29) is 24.5 Å². The van der Waals surface area contributed by atoms with Crippen molar-refractivity contribution in [3.63, 3.8) is 0 Å². The van der Waals surface area contributed by atoms with E-state index in [2.05, 4.69) is 6.08 Å². The van der Waals surface area contributed by atoms with Crippen LogP contribution in [0.15, 0.2) is 30.4 Å². The van der Waals surface area contributed by atoms with E-state index in [1.807, 2.05) is 13.0 Å².